The summed E-state index contributed by atoms with van der Waals surface area (Å²) in [6, 6.07) is 7.42. The number of hydrogen-bond acceptors (Lipinski definition) is 5. The molecule has 1 aromatic carbocycles. The van der Waals surface area contributed by atoms with E-state index in [4.69, 9.17) is 4.74 Å². The monoisotopic (exact) mass is 356 g/mol. The highest BCUT2D eigenvalue weighted by atomic mass is 16.5. The Bertz CT molecular complexity index is 904. The van der Waals surface area contributed by atoms with Crippen molar-refractivity contribution in [3.63, 3.8) is 0 Å². The predicted octanol–water partition coefficient (Wildman–Crippen LogP) is 2.82. The zero-order valence-electron chi connectivity index (χ0n) is 15.4. The summed E-state index contributed by atoms with van der Waals surface area (Å²) in [6.07, 6.45) is 2.32. The van der Waals surface area contributed by atoms with Gasteiger partial charge in [-0.1, -0.05) is 32.9 Å². The number of aryl methyl sites for hydroxylation is 1. The van der Waals surface area contributed by atoms with Crippen molar-refractivity contribution in [2.75, 3.05) is 6.61 Å². The molecule has 26 heavy (non-hydrogen) atoms. The molecule has 138 valence electrons. The van der Waals surface area contributed by atoms with Gasteiger partial charge in [-0.2, -0.15) is 0 Å². The highest BCUT2D eigenvalue weighted by Crippen LogP contribution is 2.34. The van der Waals surface area contributed by atoms with Gasteiger partial charge in [-0.05, 0) is 25.0 Å². The van der Waals surface area contributed by atoms with E-state index in [2.05, 4.69) is 4.98 Å². The first-order chi connectivity index (χ1) is 12.3. The van der Waals surface area contributed by atoms with Crippen molar-refractivity contribution >= 4 is 22.7 Å². The van der Waals surface area contributed by atoms with Crippen molar-refractivity contribution in [1.29, 1.82) is 0 Å². The lowest BCUT2D eigenvalue weighted by atomic mass is 9.91. The zero-order valence-corrected chi connectivity index (χ0v) is 15.4. The van der Waals surface area contributed by atoms with Gasteiger partial charge in [0.15, 0.2) is 12.4 Å². The van der Waals surface area contributed by atoms with Crippen LogP contribution in [0.3, 0.4) is 0 Å². The van der Waals surface area contributed by atoms with Crippen LogP contribution in [0.25, 0.3) is 10.9 Å². The van der Waals surface area contributed by atoms with Crippen LogP contribution < -0.4 is 5.56 Å². The van der Waals surface area contributed by atoms with Crippen LogP contribution in [0.2, 0.25) is 0 Å². The minimum atomic E-state index is -0.535. The van der Waals surface area contributed by atoms with Crippen LogP contribution >= 0.6 is 0 Å². The summed E-state index contributed by atoms with van der Waals surface area (Å²) >= 11 is 0. The van der Waals surface area contributed by atoms with Gasteiger partial charge in [0.2, 0.25) is 0 Å². The fraction of sp³-hybridized carbons (Fsp3) is 0.500. The third-order valence-electron chi connectivity index (χ3n) is 4.55. The Kier molecular flexibility index (Phi) is 4.94. The quantitative estimate of drug-likeness (QED) is 0.744. The number of para-hydroxylation sites is 1. The standard InChI is InChI=1S/C20H24N2O4/c1-20(2,3)16(23)12-26-18(24)11-10-17-21-15-7-5-4-6-14(15)19(25)22(17)13-8-9-13/h4-7,13H,8-12H2,1-3H3. The number of nitrogens with zero attached hydrogens (tertiary/aromatic N) is 2. The van der Waals surface area contributed by atoms with Crippen LogP contribution in [0.15, 0.2) is 29.1 Å². The maximum Gasteiger partial charge on any atom is 0.306 e. The summed E-state index contributed by atoms with van der Waals surface area (Å²) in [7, 11) is 0. The number of ketones is 1. The number of hydrogen-bond donors (Lipinski definition) is 0. The van der Waals surface area contributed by atoms with E-state index in [1.54, 1.807) is 37.5 Å². The molecule has 0 unspecified atom stereocenters. The van der Waals surface area contributed by atoms with Crippen molar-refractivity contribution in [1.82, 2.24) is 9.55 Å². The summed E-state index contributed by atoms with van der Waals surface area (Å²) < 4.78 is 6.80. The van der Waals surface area contributed by atoms with Gasteiger partial charge in [-0.15, -0.1) is 0 Å². The van der Waals surface area contributed by atoms with Crippen LogP contribution in [0, 0.1) is 5.41 Å². The molecule has 0 N–H and O–H groups in total. The van der Waals surface area contributed by atoms with Crippen molar-refractivity contribution < 1.29 is 14.3 Å². The lowest BCUT2D eigenvalue weighted by Crippen LogP contribution is -2.27. The highest BCUT2D eigenvalue weighted by molar-refractivity contribution is 5.86. The number of Topliss-reactive ketones (excluding diaryl/α,β-unsaturated/α-hetero) is 1. The molecular weight excluding hydrogens is 332 g/mol. The minimum Gasteiger partial charge on any atom is -0.458 e. The Balaban J connectivity index is 1.73. The largest absolute Gasteiger partial charge is 0.458 e. The summed E-state index contributed by atoms with van der Waals surface area (Å²) in [5.74, 6) is 0.0345. The fourth-order valence-electron chi connectivity index (χ4n) is 2.73. The molecule has 0 radical (unpaired) electrons. The van der Waals surface area contributed by atoms with Crippen LogP contribution in [0.1, 0.15) is 51.9 Å². The van der Waals surface area contributed by atoms with E-state index in [1.165, 1.54) is 0 Å². The first kappa shape index (κ1) is 18.3. The van der Waals surface area contributed by atoms with Crippen molar-refractivity contribution in [3.8, 4) is 0 Å². The summed E-state index contributed by atoms with van der Waals surface area (Å²) in [5, 5.41) is 0.599. The van der Waals surface area contributed by atoms with E-state index in [-0.39, 0.29) is 30.4 Å². The van der Waals surface area contributed by atoms with Gasteiger partial charge >= 0.3 is 5.97 Å². The van der Waals surface area contributed by atoms with Crippen LogP contribution in [0.5, 0.6) is 0 Å². The summed E-state index contributed by atoms with van der Waals surface area (Å²) in [4.78, 5) is 41.2. The second kappa shape index (κ2) is 7.02. The molecule has 1 aliphatic carbocycles. The number of esters is 1. The van der Waals surface area contributed by atoms with Crippen LogP contribution in [0.4, 0.5) is 0 Å². The van der Waals surface area contributed by atoms with Gasteiger partial charge in [-0.3, -0.25) is 19.0 Å². The molecule has 1 aromatic heterocycles. The van der Waals surface area contributed by atoms with Crippen molar-refractivity contribution in [2.24, 2.45) is 5.41 Å². The van der Waals surface area contributed by atoms with E-state index in [0.717, 1.165) is 12.8 Å². The highest BCUT2D eigenvalue weighted by Gasteiger charge is 2.28. The number of benzene rings is 1. The Morgan fingerprint density at radius 3 is 2.58 bits per heavy atom. The predicted molar refractivity (Wildman–Crippen MR) is 98.0 cm³/mol. The van der Waals surface area contributed by atoms with Crippen LogP contribution in [-0.4, -0.2) is 27.9 Å². The maximum absolute atomic E-state index is 12.8. The zero-order chi connectivity index (χ0) is 18.9. The van der Waals surface area contributed by atoms with E-state index >= 15 is 0 Å². The van der Waals surface area contributed by atoms with E-state index in [0.29, 0.717) is 23.1 Å². The molecule has 0 saturated heterocycles. The van der Waals surface area contributed by atoms with Gasteiger partial charge in [0.25, 0.3) is 5.56 Å². The van der Waals surface area contributed by atoms with Gasteiger partial charge in [0, 0.05) is 17.9 Å². The van der Waals surface area contributed by atoms with E-state index < -0.39 is 11.4 Å². The van der Waals surface area contributed by atoms with E-state index in [1.807, 2.05) is 12.1 Å². The van der Waals surface area contributed by atoms with Crippen molar-refractivity contribution in [3.05, 3.63) is 40.4 Å². The number of rotatable bonds is 6. The lowest BCUT2D eigenvalue weighted by molar-refractivity contribution is -0.150. The molecular formula is C20H24N2O4. The molecule has 0 atom stereocenters. The lowest BCUT2D eigenvalue weighted by Gasteiger charge is -2.16. The molecule has 0 bridgehead atoms. The third-order valence-corrected chi connectivity index (χ3v) is 4.55. The SMILES string of the molecule is CC(C)(C)C(=O)COC(=O)CCc1nc2ccccc2c(=O)n1C1CC1. The molecule has 0 aliphatic heterocycles. The Labute approximate surface area is 152 Å². The Hall–Kier alpha value is -2.50. The summed E-state index contributed by atoms with van der Waals surface area (Å²) in [6.45, 7) is 5.15. The second-order valence-corrected chi connectivity index (χ2v) is 7.79. The van der Waals surface area contributed by atoms with Gasteiger partial charge in [0.1, 0.15) is 5.82 Å². The molecule has 6 heteroatoms. The minimum absolute atomic E-state index is 0.0515. The number of carbonyl (C=O) groups excluding carboxylic acids is 2. The normalized spacial score (nSPS) is 14.4. The van der Waals surface area contributed by atoms with Crippen LogP contribution in [-0.2, 0) is 20.7 Å². The molecule has 3 rings (SSSR count). The van der Waals surface area contributed by atoms with Gasteiger partial charge < -0.3 is 4.74 Å². The third kappa shape index (κ3) is 4.00. The van der Waals surface area contributed by atoms with Crippen molar-refractivity contribution in [2.45, 2.75) is 52.5 Å². The second-order valence-electron chi connectivity index (χ2n) is 7.79. The van der Waals surface area contributed by atoms with Gasteiger partial charge in [-0.25, -0.2) is 4.98 Å². The smallest absolute Gasteiger partial charge is 0.306 e. The number of carbonyl (C=O) groups is 2. The summed E-state index contributed by atoms with van der Waals surface area (Å²) in [5.41, 5.74) is 0.0529. The average Bonchev–Trinajstić information content (AvgIpc) is 3.41. The average molecular weight is 356 g/mol. The molecule has 0 spiro atoms. The van der Waals surface area contributed by atoms with Gasteiger partial charge in [0.05, 0.1) is 17.3 Å². The molecule has 2 aromatic rings. The first-order valence-electron chi connectivity index (χ1n) is 8.96. The molecule has 1 saturated carbocycles. The molecule has 1 aliphatic rings. The molecule has 6 nitrogen and oxygen atoms in total. The van der Waals surface area contributed by atoms with E-state index in [9.17, 15) is 14.4 Å². The number of fused-ring (bicyclic) bond motifs is 1. The topological polar surface area (TPSA) is 78.3 Å². The maximum atomic E-state index is 12.8. The fourth-order valence-corrected chi connectivity index (χ4v) is 2.73. The number of aromatic nitrogens is 2. The Morgan fingerprint density at radius 1 is 1.23 bits per heavy atom. The molecule has 1 fully saturated rings. The first-order valence-corrected chi connectivity index (χ1v) is 8.96. The molecule has 0 amide bonds. The molecule has 1 heterocycles. The Morgan fingerprint density at radius 2 is 1.92 bits per heavy atom. The number of ether oxygens (including phenoxy) is 1.